The predicted molar refractivity (Wildman–Crippen MR) is 86.5 cm³/mol. The highest BCUT2D eigenvalue weighted by atomic mass is 35.5. The molecule has 2 aromatic rings. The Balaban J connectivity index is 2.40. The van der Waals surface area contributed by atoms with Crippen molar-refractivity contribution in [3.63, 3.8) is 0 Å². The molecule has 0 atom stereocenters. The maximum absolute atomic E-state index is 12.6. The smallest absolute Gasteiger partial charge is 0.254 e. The Labute approximate surface area is 140 Å². The van der Waals surface area contributed by atoms with Crippen molar-refractivity contribution in [3.05, 3.63) is 51.6 Å². The second kappa shape index (κ2) is 7.11. The summed E-state index contributed by atoms with van der Waals surface area (Å²) < 4.78 is 37.9. The molecule has 1 aromatic carbocycles. The van der Waals surface area contributed by atoms with E-state index in [9.17, 15) is 13.2 Å². The van der Waals surface area contributed by atoms with Crippen molar-refractivity contribution >= 4 is 35.0 Å². The number of alkyl halides is 3. The van der Waals surface area contributed by atoms with Gasteiger partial charge < -0.3 is 0 Å². The van der Waals surface area contributed by atoms with Gasteiger partial charge in [-0.15, -0.1) is 0 Å². The summed E-state index contributed by atoms with van der Waals surface area (Å²) in [6, 6.07) is 6.10. The maximum atomic E-state index is 12.6. The minimum atomic E-state index is -4.46. The zero-order chi connectivity index (χ0) is 16.3. The van der Waals surface area contributed by atoms with Crippen LogP contribution < -0.4 is 0 Å². The van der Waals surface area contributed by atoms with Gasteiger partial charge in [0, 0.05) is 22.5 Å². The summed E-state index contributed by atoms with van der Waals surface area (Å²) in [4.78, 5) is 3.86. The number of benzene rings is 1. The van der Waals surface area contributed by atoms with Crippen LogP contribution in [-0.2, 0) is 11.9 Å². The van der Waals surface area contributed by atoms with Crippen molar-refractivity contribution in [1.29, 1.82) is 0 Å². The van der Waals surface area contributed by atoms with Crippen molar-refractivity contribution in [2.24, 2.45) is 0 Å². The van der Waals surface area contributed by atoms with Gasteiger partial charge in [0.25, 0.3) is 0 Å². The largest absolute Gasteiger partial charge is 0.417 e. The summed E-state index contributed by atoms with van der Waals surface area (Å²) in [6.07, 6.45) is -3.67. The van der Waals surface area contributed by atoms with Crippen LogP contribution in [0.4, 0.5) is 13.2 Å². The van der Waals surface area contributed by atoms with Gasteiger partial charge in [0.05, 0.1) is 16.3 Å². The highest BCUT2D eigenvalue weighted by molar-refractivity contribution is 7.98. The van der Waals surface area contributed by atoms with Crippen LogP contribution in [0.5, 0.6) is 0 Å². The van der Waals surface area contributed by atoms with Gasteiger partial charge in [0.2, 0.25) is 0 Å². The van der Waals surface area contributed by atoms with E-state index in [2.05, 4.69) is 4.98 Å². The van der Waals surface area contributed by atoms with E-state index in [1.807, 2.05) is 13.0 Å². The summed E-state index contributed by atoms with van der Waals surface area (Å²) in [5, 5.41) is 0.582. The molecule has 7 heteroatoms. The molecule has 0 saturated carbocycles. The molecule has 1 aromatic heterocycles. The molecule has 22 heavy (non-hydrogen) atoms. The molecular weight excluding hydrogens is 354 g/mol. The molecule has 0 unspecified atom stereocenters. The van der Waals surface area contributed by atoms with Gasteiger partial charge in [0.15, 0.2) is 0 Å². The van der Waals surface area contributed by atoms with Crippen LogP contribution in [0, 0.1) is 0 Å². The van der Waals surface area contributed by atoms with Gasteiger partial charge in [0.1, 0.15) is 0 Å². The van der Waals surface area contributed by atoms with E-state index < -0.39 is 11.7 Å². The van der Waals surface area contributed by atoms with E-state index >= 15 is 0 Å². The number of halogens is 5. The Bertz CT molecular complexity index is 674. The molecule has 0 fully saturated rings. The van der Waals surface area contributed by atoms with Crippen LogP contribution in [-0.4, -0.2) is 10.7 Å². The second-order valence-electron chi connectivity index (χ2n) is 4.50. The Hall–Kier alpha value is -0.910. The molecule has 0 saturated heterocycles. The maximum Gasteiger partial charge on any atom is 0.417 e. The molecule has 118 valence electrons. The first-order valence-corrected chi connectivity index (χ1v) is 8.33. The average molecular weight is 366 g/mol. The van der Waals surface area contributed by atoms with E-state index in [1.165, 1.54) is 0 Å². The normalized spacial score (nSPS) is 11.7. The predicted octanol–water partition coefficient (Wildman–Crippen LogP) is 6.33. The third-order valence-electron chi connectivity index (χ3n) is 2.95. The number of rotatable bonds is 4. The molecule has 0 spiro atoms. The summed E-state index contributed by atoms with van der Waals surface area (Å²) in [5.41, 5.74) is 1.00. The fraction of sp³-hybridized carbons (Fsp3) is 0.267. The molecule has 0 aliphatic rings. The Morgan fingerprint density at radius 2 is 1.86 bits per heavy atom. The molecule has 0 radical (unpaired) electrons. The van der Waals surface area contributed by atoms with Crippen molar-refractivity contribution in [1.82, 2.24) is 4.98 Å². The quantitative estimate of drug-likeness (QED) is 0.627. The van der Waals surface area contributed by atoms with Crippen LogP contribution in [0.1, 0.15) is 18.1 Å². The summed E-state index contributed by atoms with van der Waals surface area (Å²) >= 11 is 13.8. The van der Waals surface area contributed by atoms with Crippen molar-refractivity contribution in [3.8, 4) is 11.3 Å². The lowest BCUT2D eigenvalue weighted by molar-refractivity contribution is -0.137. The fourth-order valence-corrected chi connectivity index (χ4v) is 3.05. The van der Waals surface area contributed by atoms with Gasteiger partial charge in [-0.2, -0.15) is 24.9 Å². The highest BCUT2D eigenvalue weighted by Crippen LogP contribution is 2.35. The first kappa shape index (κ1) is 17.4. The molecule has 0 aliphatic carbocycles. The van der Waals surface area contributed by atoms with Crippen molar-refractivity contribution < 1.29 is 13.2 Å². The minimum Gasteiger partial charge on any atom is -0.254 e. The number of hydrogen-bond donors (Lipinski definition) is 0. The molecule has 1 heterocycles. The van der Waals surface area contributed by atoms with Crippen LogP contribution in [0.3, 0.4) is 0 Å². The number of aromatic nitrogens is 1. The fourth-order valence-electron chi connectivity index (χ4n) is 1.85. The van der Waals surface area contributed by atoms with E-state index in [0.29, 0.717) is 16.3 Å². The molecule has 0 amide bonds. The Morgan fingerprint density at radius 1 is 1.14 bits per heavy atom. The number of thioether (sulfide) groups is 1. The van der Waals surface area contributed by atoms with Crippen molar-refractivity contribution in [2.75, 3.05) is 5.75 Å². The lowest BCUT2D eigenvalue weighted by atomic mass is 10.1. The monoisotopic (exact) mass is 365 g/mol. The second-order valence-corrected chi connectivity index (χ2v) is 6.58. The van der Waals surface area contributed by atoms with E-state index in [0.717, 1.165) is 29.3 Å². The third-order valence-corrected chi connectivity index (χ3v) is 4.53. The van der Waals surface area contributed by atoms with E-state index in [1.54, 1.807) is 23.9 Å². The van der Waals surface area contributed by atoms with Gasteiger partial charge in [-0.05, 0) is 29.5 Å². The number of hydrogen-bond acceptors (Lipinski definition) is 2. The zero-order valence-corrected chi connectivity index (χ0v) is 13.9. The van der Waals surface area contributed by atoms with Gasteiger partial charge in [-0.25, -0.2) is 0 Å². The third kappa shape index (κ3) is 4.09. The zero-order valence-electron chi connectivity index (χ0n) is 11.5. The molecule has 1 nitrogen and oxygen atoms in total. The first-order valence-electron chi connectivity index (χ1n) is 6.42. The molecule has 0 bridgehead atoms. The van der Waals surface area contributed by atoms with Gasteiger partial charge >= 0.3 is 6.18 Å². The van der Waals surface area contributed by atoms with Crippen LogP contribution in [0.25, 0.3) is 11.3 Å². The lowest BCUT2D eigenvalue weighted by Gasteiger charge is -2.11. The van der Waals surface area contributed by atoms with E-state index in [4.69, 9.17) is 23.2 Å². The first-order chi connectivity index (χ1) is 10.3. The van der Waals surface area contributed by atoms with Crippen molar-refractivity contribution in [2.45, 2.75) is 18.9 Å². The molecular formula is C15H12Cl2F3NS. The van der Waals surface area contributed by atoms with E-state index in [-0.39, 0.29) is 5.02 Å². The van der Waals surface area contributed by atoms with Crippen LogP contribution in [0.15, 0.2) is 30.5 Å². The molecule has 2 rings (SSSR count). The standard InChI is InChI=1S/C15H12Cl2F3NS/c1-2-22-8-10-5-9(3-4-12(10)16)14-13(17)6-11(7-21-14)15(18,19)20/h3-7H,2,8H2,1H3. The van der Waals surface area contributed by atoms with Crippen LogP contribution in [0.2, 0.25) is 10.0 Å². The summed E-state index contributed by atoms with van der Waals surface area (Å²) in [5.74, 6) is 1.67. The Kier molecular flexibility index (Phi) is 5.64. The average Bonchev–Trinajstić information content (AvgIpc) is 2.45. The topological polar surface area (TPSA) is 12.9 Å². The summed E-state index contributed by atoms with van der Waals surface area (Å²) in [7, 11) is 0. The van der Waals surface area contributed by atoms with Crippen LogP contribution >= 0.6 is 35.0 Å². The molecule has 0 aliphatic heterocycles. The number of nitrogens with zero attached hydrogens (tertiary/aromatic N) is 1. The Morgan fingerprint density at radius 3 is 2.45 bits per heavy atom. The summed E-state index contributed by atoms with van der Waals surface area (Å²) in [6.45, 7) is 2.04. The van der Waals surface area contributed by atoms with Gasteiger partial charge in [-0.1, -0.05) is 36.2 Å². The molecule has 0 N–H and O–H groups in total. The lowest BCUT2D eigenvalue weighted by Crippen LogP contribution is -2.05. The van der Waals surface area contributed by atoms with Gasteiger partial charge in [-0.3, -0.25) is 4.98 Å². The SMILES string of the molecule is CCSCc1cc(-c2ncc(C(F)(F)F)cc2Cl)ccc1Cl. The minimum absolute atomic E-state index is 0.0359. The highest BCUT2D eigenvalue weighted by Gasteiger charge is 2.31. The number of pyridine rings is 1.